The number of alkyl halides is 2. The Kier molecular flexibility index (Phi) is 3.24. The van der Waals surface area contributed by atoms with E-state index in [4.69, 9.17) is 0 Å². The minimum atomic E-state index is -3.31. The summed E-state index contributed by atoms with van der Waals surface area (Å²) in [5.41, 5.74) is 0. The Morgan fingerprint density at radius 3 is 2.38 bits per heavy atom. The molecule has 0 aliphatic carbocycles. The highest BCUT2D eigenvalue weighted by Gasteiger charge is 2.35. The highest BCUT2D eigenvalue weighted by atomic mass is 79.9. The molecular weight excluding hydrogens is 330 g/mol. The van der Waals surface area contributed by atoms with E-state index < -0.39 is 11.7 Å². The fraction of sp³-hybridized carbons (Fsp3) is 0.286. The monoisotopic (exact) mass is 332 g/mol. The normalized spacial score (nSPS) is 11.8. The zero-order chi connectivity index (χ0) is 10.2. The topological polar surface area (TPSA) is 17.1 Å². The maximum Gasteiger partial charge on any atom is 0.307 e. The molecule has 0 radical (unpaired) electrons. The summed E-state index contributed by atoms with van der Waals surface area (Å²) in [6.45, 7) is 0.593. The number of ketones is 1. The van der Waals surface area contributed by atoms with Gasteiger partial charge in [0, 0.05) is 11.4 Å². The van der Waals surface area contributed by atoms with Crippen molar-refractivity contribution in [2.24, 2.45) is 0 Å². The maximum atomic E-state index is 12.6. The third-order valence-electron chi connectivity index (χ3n) is 1.26. The van der Waals surface area contributed by atoms with Crippen LogP contribution in [0.5, 0.6) is 0 Å². The highest BCUT2D eigenvalue weighted by molar-refractivity contribution is 9.11. The van der Waals surface area contributed by atoms with Gasteiger partial charge in [0.25, 0.3) is 0 Å². The minimum absolute atomic E-state index is 0.0411. The molecule has 0 saturated carbocycles. The van der Waals surface area contributed by atoms with Crippen LogP contribution in [0.2, 0.25) is 0 Å². The molecule has 0 bridgehead atoms. The average Bonchev–Trinajstić information content (AvgIpc) is 2.26. The van der Waals surface area contributed by atoms with Gasteiger partial charge in [0.2, 0.25) is 5.78 Å². The first-order valence-electron chi connectivity index (χ1n) is 3.20. The Bertz CT molecular complexity index is 343. The van der Waals surface area contributed by atoms with Crippen LogP contribution < -0.4 is 0 Å². The number of Topliss-reactive ketones (excluding diaryl/α,β-unsaturated/α-hetero) is 1. The number of hydrogen-bond acceptors (Lipinski definition) is 2. The summed E-state index contributed by atoms with van der Waals surface area (Å²) >= 11 is 7.14. The van der Waals surface area contributed by atoms with Crippen LogP contribution in [-0.2, 0) is 0 Å². The van der Waals surface area contributed by atoms with E-state index in [0.29, 0.717) is 15.2 Å². The molecule has 0 N–H and O–H groups in total. The molecule has 6 heteroatoms. The van der Waals surface area contributed by atoms with Gasteiger partial charge in [-0.05, 0) is 37.9 Å². The van der Waals surface area contributed by atoms with Crippen LogP contribution in [0.1, 0.15) is 16.6 Å². The second-order valence-corrected chi connectivity index (χ2v) is 5.73. The van der Waals surface area contributed by atoms with Crippen LogP contribution in [0.15, 0.2) is 14.3 Å². The number of rotatable bonds is 2. The minimum Gasteiger partial charge on any atom is -0.286 e. The van der Waals surface area contributed by atoms with Gasteiger partial charge < -0.3 is 0 Å². The predicted octanol–water partition coefficient (Wildman–Crippen LogP) is 4.11. The molecule has 1 aromatic rings. The van der Waals surface area contributed by atoms with Crippen LogP contribution in [-0.4, -0.2) is 11.7 Å². The largest absolute Gasteiger partial charge is 0.307 e. The Balaban J connectivity index is 3.09. The summed E-state index contributed by atoms with van der Waals surface area (Å²) in [6.07, 6.45) is 0. The first kappa shape index (κ1) is 11.3. The summed E-state index contributed by atoms with van der Waals surface area (Å²) in [6, 6.07) is 1.57. The molecule has 0 unspecified atom stereocenters. The summed E-state index contributed by atoms with van der Waals surface area (Å²) in [7, 11) is 0. The van der Waals surface area contributed by atoms with Gasteiger partial charge in [-0.3, -0.25) is 4.79 Å². The van der Waals surface area contributed by atoms with Crippen molar-refractivity contribution >= 4 is 49.0 Å². The van der Waals surface area contributed by atoms with E-state index in [9.17, 15) is 13.6 Å². The van der Waals surface area contributed by atoms with Crippen molar-refractivity contribution in [3.05, 3.63) is 19.2 Å². The zero-order valence-electron chi connectivity index (χ0n) is 6.41. The lowest BCUT2D eigenvalue weighted by Gasteiger charge is -2.06. The third kappa shape index (κ3) is 2.57. The summed E-state index contributed by atoms with van der Waals surface area (Å²) < 4.78 is 26.3. The fourth-order valence-electron chi connectivity index (χ4n) is 0.695. The van der Waals surface area contributed by atoms with E-state index in [0.717, 1.165) is 11.3 Å². The number of thiophene rings is 1. The van der Waals surface area contributed by atoms with Crippen molar-refractivity contribution in [2.45, 2.75) is 12.8 Å². The van der Waals surface area contributed by atoms with E-state index in [1.54, 1.807) is 6.07 Å². The van der Waals surface area contributed by atoms with Crippen LogP contribution in [0.4, 0.5) is 8.78 Å². The molecule has 0 aliphatic heterocycles. The van der Waals surface area contributed by atoms with E-state index in [-0.39, 0.29) is 4.88 Å². The van der Waals surface area contributed by atoms with Gasteiger partial charge in [0.15, 0.2) is 0 Å². The van der Waals surface area contributed by atoms with Gasteiger partial charge in [0.05, 0.1) is 8.66 Å². The Labute approximate surface area is 94.4 Å². The molecule has 1 rings (SSSR count). The first-order chi connectivity index (χ1) is 5.82. The summed E-state index contributed by atoms with van der Waals surface area (Å²) in [4.78, 5) is 11.2. The molecule has 0 aliphatic rings. The molecule has 0 amide bonds. The smallest absolute Gasteiger partial charge is 0.286 e. The van der Waals surface area contributed by atoms with Crippen molar-refractivity contribution < 1.29 is 13.6 Å². The van der Waals surface area contributed by atoms with Crippen LogP contribution in [0.25, 0.3) is 0 Å². The average molecular weight is 334 g/mol. The molecule has 0 saturated heterocycles. The standard InChI is InChI=1S/C7H4Br2F2OS/c1-7(10,11)6(12)5-3(8)2-4(9)13-5/h2H,1H3. The molecule has 1 nitrogen and oxygen atoms in total. The molecule has 1 heterocycles. The lowest BCUT2D eigenvalue weighted by molar-refractivity contribution is 0.0225. The Hall–Kier alpha value is 0.190. The van der Waals surface area contributed by atoms with Gasteiger partial charge >= 0.3 is 5.92 Å². The molecule has 0 aromatic carbocycles. The fourth-order valence-corrected chi connectivity index (χ4v) is 3.32. The predicted molar refractivity (Wildman–Crippen MR) is 54.7 cm³/mol. The van der Waals surface area contributed by atoms with Crippen molar-refractivity contribution in [3.63, 3.8) is 0 Å². The Morgan fingerprint density at radius 1 is 1.54 bits per heavy atom. The van der Waals surface area contributed by atoms with Gasteiger partial charge in [-0.1, -0.05) is 0 Å². The van der Waals surface area contributed by atoms with Crippen LogP contribution in [0.3, 0.4) is 0 Å². The number of hydrogen-bond donors (Lipinski definition) is 0. The van der Waals surface area contributed by atoms with Gasteiger partial charge in [-0.25, -0.2) is 0 Å². The SMILES string of the molecule is CC(F)(F)C(=O)c1sc(Br)cc1Br. The maximum absolute atomic E-state index is 12.6. The van der Waals surface area contributed by atoms with Crippen molar-refractivity contribution in [3.8, 4) is 0 Å². The second-order valence-electron chi connectivity index (χ2n) is 2.45. The number of carbonyl (C=O) groups is 1. The summed E-state index contributed by atoms with van der Waals surface area (Å²) in [5.74, 6) is -4.47. The first-order valence-corrected chi connectivity index (χ1v) is 5.60. The number of halogens is 4. The van der Waals surface area contributed by atoms with Gasteiger partial charge in [0.1, 0.15) is 0 Å². The Morgan fingerprint density at radius 2 is 2.08 bits per heavy atom. The number of carbonyl (C=O) groups excluding carboxylic acids is 1. The highest BCUT2D eigenvalue weighted by Crippen LogP contribution is 2.34. The molecule has 0 atom stereocenters. The van der Waals surface area contributed by atoms with E-state index in [1.165, 1.54) is 0 Å². The van der Waals surface area contributed by atoms with Crippen LogP contribution in [0, 0.1) is 0 Å². The lowest BCUT2D eigenvalue weighted by Crippen LogP contribution is -2.23. The molecule has 1 aromatic heterocycles. The van der Waals surface area contributed by atoms with Gasteiger partial charge in [-0.15, -0.1) is 11.3 Å². The van der Waals surface area contributed by atoms with Crippen molar-refractivity contribution in [1.29, 1.82) is 0 Å². The zero-order valence-corrected chi connectivity index (χ0v) is 10.4. The van der Waals surface area contributed by atoms with Crippen molar-refractivity contribution in [1.82, 2.24) is 0 Å². The van der Waals surface area contributed by atoms with Gasteiger partial charge in [-0.2, -0.15) is 8.78 Å². The molecular formula is C7H4Br2F2OS. The van der Waals surface area contributed by atoms with E-state index >= 15 is 0 Å². The molecule has 72 valence electrons. The van der Waals surface area contributed by atoms with Crippen LogP contribution >= 0.6 is 43.2 Å². The van der Waals surface area contributed by atoms with Crippen molar-refractivity contribution in [2.75, 3.05) is 0 Å². The van der Waals surface area contributed by atoms with E-state index in [1.807, 2.05) is 0 Å². The van der Waals surface area contributed by atoms with E-state index in [2.05, 4.69) is 31.9 Å². The molecule has 0 fully saturated rings. The molecule has 0 spiro atoms. The lowest BCUT2D eigenvalue weighted by atomic mass is 10.2. The second kappa shape index (κ2) is 3.74. The summed E-state index contributed by atoms with van der Waals surface area (Å²) in [5, 5.41) is 0. The quantitative estimate of drug-likeness (QED) is 0.744. The molecule has 13 heavy (non-hydrogen) atoms. The third-order valence-corrected chi connectivity index (χ3v) is 3.79.